The summed E-state index contributed by atoms with van der Waals surface area (Å²) in [7, 11) is 0. The maximum atomic E-state index is 10.3. The van der Waals surface area contributed by atoms with Gasteiger partial charge >= 0.3 is 0 Å². The lowest BCUT2D eigenvalue weighted by Crippen LogP contribution is -2.63. The minimum absolute atomic E-state index is 0.634. The first-order chi connectivity index (χ1) is 16.0. The molecule has 0 spiro atoms. The molecule has 11 N–H and O–H groups in total. The Hall–Kier alpha value is -0.640. The van der Waals surface area contributed by atoms with Crippen LogP contribution in [0.4, 0.5) is 0 Å². The predicted octanol–water partition coefficient (Wildman–Crippen LogP) is -7.57. The van der Waals surface area contributed by atoms with Crippen molar-refractivity contribution in [2.24, 2.45) is 0 Å². The zero-order valence-corrected chi connectivity index (χ0v) is 17.8. The Bertz CT molecular complexity index is 653. The zero-order valence-electron chi connectivity index (χ0n) is 17.8. The van der Waals surface area contributed by atoms with Crippen LogP contribution in [0.25, 0.3) is 0 Å². The number of hydrogen-bond acceptors (Lipinski definition) is 16. The number of ether oxygens (including phenoxy) is 5. The molecule has 3 aliphatic heterocycles. The van der Waals surface area contributed by atoms with Gasteiger partial charge in [-0.1, -0.05) is 0 Å². The van der Waals surface area contributed by atoms with Gasteiger partial charge in [0.25, 0.3) is 0 Å². The van der Waals surface area contributed by atoms with E-state index in [4.69, 9.17) is 23.7 Å². The van der Waals surface area contributed by atoms with Crippen molar-refractivity contribution >= 4 is 0 Å². The van der Waals surface area contributed by atoms with Crippen LogP contribution in [0.1, 0.15) is 0 Å². The van der Waals surface area contributed by atoms with Crippen LogP contribution in [-0.4, -0.2) is 168 Å². The van der Waals surface area contributed by atoms with E-state index in [0.29, 0.717) is 0 Å². The van der Waals surface area contributed by atoms with Gasteiger partial charge in [0, 0.05) is 0 Å². The van der Waals surface area contributed by atoms with E-state index < -0.39 is 112 Å². The molecule has 3 fully saturated rings. The summed E-state index contributed by atoms with van der Waals surface area (Å²) in [6, 6.07) is 0. The lowest BCUT2D eigenvalue weighted by atomic mass is 9.98. The largest absolute Gasteiger partial charge is 0.394 e. The molecule has 3 aliphatic rings. The topological polar surface area (TPSA) is 269 Å². The van der Waals surface area contributed by atoms with Crippen LogP contribution in [0.3, 0.4) is 0 Å². The Labute approximate surface area is 192 Å². The Kier molecular flexibility index (Phi) is 9.18. The first-order valence-electron chi connectivity index (χ1n) is 10.6. The van der Waals surface area contributed by atoms with Crippen molar-refractivity contribution in [1.82, 2.24) is 0 Å². The molecule has 16 nitrogen and oxygen atoms in total. The molecule has 0 aromatic rings. The second kappa shape index (κ2) is 11.2. The summed E-state index contributed by atoms with van der Waals surface area (Å²) in [5.41, 5.74) is 0. The molecule has 3 rings (SSSR count). The summed E-state index contributed by atoms with van der Waals surface area (Å²) in [5.74, 6) is -2.36. The summed E-state index contributed by atoms with van der Waals surface area (Å²) in [6.45, 7) is -3.14. The van der Waals surface area contributed by atoms with Crippen molar-refractivity contribution in [3.63, 3.8) is 0 Å². The third-order valence-corrected chi connectivity index (χ3v) is 6.16. The van der Waals surface area contributed by atoms with Crippen LogP contribution in [-0.2, 0) is 23.7 Å². The average Bonchev–Trinajstić information content (AvgIpc) is 3.08. The second-order valence-corrected chi connectivity index (χ2v) is 8.41. The van der Waals surface area contributed by atoms with Gasteiger partial charge in [-0.3, -0.25) is 0 Å². The van der Waals surface area contributed by atoms with E-state index in [9.17, 15) is 56.2 Å². The molecule has 3 heterocycles. The molecule has 14 atom stereocenters. The molecule has 0 bridgehead atoms. The van der Waals surface area contributed by atoms with Crippen LogP contribution in [0.2, 0.25) is 0 Å². The molecule has 0 saturated carbocycles. The monoisotopic (exact) mass is 504 g/mol. The third kappa shape index (κ3) is 5.09. The van der Waals surface area contributed by atoms with Gasteiger partial charge < -0.3 is 79.9 Å². The molecular formula is C18H32O16. The lowest BCUT2D eigenvalue weighted by Gasteiger charge is -2.44. The number of aliphatic hydroxyl groups excluding tert-OH is 11. The van der Waals surface area contributed by atoms with Gasteiger partial charge in [-0.05, 0) is 0 Å². The van der Waals surface area contributed by atoms with Crippen molar-refractivity contribution in [2.45, 2.75) is 85.5 Å². The highest BCUT2D eigenvalue weighted by Gasteiger charge is 2.58. The SMILES string of the molecule is OC[C@@H]1O[C@H](OC[C@@H]2O[C@H](O[C@]3(CO)O[C@@H](CO)[C@@H](O)[C@@H]3O)[C@H](O)[C@H](O)[C@@H]2O)[C@@H](O)[C@@H](O)[C@H]1O. The summed E-state index contributed by atoms with van der Waals surface area (Å²) < 4.78 is 26.4. The fraction of sp³-hybridized carbons (Fsp3) is 1.00. The van der Waals surface area contributed by atoms with Crippen molar-refractivity contribution < 1.29 is 79.9 Å². The smallest absolute Gasteiger partial charge is 0.224 e. The molecule has 16 heteroatoms. The van der Waals surface area contributed by atoms with E-state index in [-0.39, 0.29) is 0 Å². The Morgan fingerprint density at radius 1 is 0.588 bits per heavy atom. The van der Waals surface area contributed by atoms with Gasteiger partial charge in [0.05, 0.1) is 19.8 Å². The molecule has 0 amide bonds. The normalized spacial score (nSPS) is 52.1. The van der Waals surface area contributed by atoms with Gasteiger partial charge in [-0.25, -0.2) is 0 Å². The van der Waals surface area contributed by atoms with Crippen LogP contribution in [0, 0.1) is 0 Å². The summed E-state index contributed by atoms with van der Waals surface area (Å²) in [4.78, 5) is 0. The van der Waals surface area contributed by atoms with E-state index in [1.165, 1.54) is 0 Å². The van der Waals surface area contributed by atoms with E-state index in [1.54, 1.807) is 0 Å². The first-order valence-corrected chi connectivity index (χ1v) is 10.6. The van der Waals surface area contributed by atoms with E-state index in [1.807, 2.05) is 0 Å². The molecule has 0 aromatic heterocycles. The fourth-order valence-electron chi connectivity index (χ4n) is 4.01. The van der Waals surface area contributed by atoms with E-state index in [2.05, 4.69) is 0 Å². The van der Waals surface area contributed by atoms with Gasteiger partial charge in [0.2, 0.25) is 5.79 Å². The first kappa shape index (κ1) is 27.9. The molecule has 200 valence electrons. The van der Waals surface area contributed by atoms with Crippen molar-refractivity contribution in [2.75, 3.05) is 26.4 Å². The number of hydrogen-bond donors (Lipinski definition) is 11. The maximum absolute atomic E-state index is 10.3. The van der Waals surface area contributed by atoms with Gasteiger partial charge in [-0.15, -0.1) is 0 Å². The van der Waals surface area contributed by atoms with E-state index in [0.717, 1.165) is 0 Å². The molecule has 34 heavy (non-hydrogen) atoms. The minimum Gasteiger partial charge on any atom is -0.394 e. The summed E-state index contributed by atoms with van der Waals surface area (Å²) in [6.07, 6.45) is -21.8. The highest BCUT2D eigenvalue weighted by Crippen LogP contribution is 2.36. The van der Waals surface area contributed by atoms with Crippen molar-refractivity contribution in [3.8, 4) is 0 Å². The Morgan fingerprint density at radius 3 is 1.65 bits per heavy atom. The van der Waals surface area contributed by atoms with Crippen LogP contribution in [0.5, 0.6) is 0 Å². The molecule has 0 aromatic carbocycles. The summed E-state index contributed by atoms with van der Waals surface area (Å²) >= 11 is 0. The molecule has 0 radical (unpaired) electrons. The molecule has 3 saturated heterocycles. The maximum Gasteiger partial charge on any atom is 0.224 e. The molecular weight excluding hydrogens is 472 g/mol. The van der Waals surface area contributed by atoms with Crippen molar-refractivity contribution in [3.05, 3.63) is 0 Å². The van der Waals surface area contributed by atoms with Crippen LogP contribution < -0.4 is 0 Å². The van der Waals surface area contributed by atoms with Crippen molar-refractivity contribution in [1.29, 1.82) is 0 Å². The van der Waals surface area contributed by atoms with Gasteiger partial charge in [0.1, 0.15) is 73.8 Å². The Balaban J connectivity index is 1.69. The fourth-order valence-corrected chi connectivity index (χ4v) is 4.01. The minimum atomic E-state index is -2.36. The third-order valence-electron chi connectivity index (χ3n) is 6.16. The van der Waals surface area contributed by atoms with Gasteiger partial charge in [0.15, 0.2) is 12.6 Å². The molecule has 0 aliphatic carbocycles. The number of rotatable bonds is 8. The van der Waals surface area contributed by atoms with Crippen LogP contribution in [0.15, 0.2) is 0 Å². The predicted molar refractivity (Wildman–Crippen MR) is 101 cm³/mol. The van der Waals surface area contributed by atoms with Crippen LogP contribution >= 0.6 is 0 Å². The zero-order chi connectivity index (χ0) is 25.4. The average molecular weight is 504 g/mol. The van der Waals surface area contributed by atoms with E-state index >= 15 is 0 Å². The number of aliphatic hydroxyl groups is 11. The quantitative estimate of drug-likeness (QED) is 0.146. The highest BCUT2D eigenvalue weighted by molar-refractivity contribution is 4.98. The lowest BCUT2D eigenvalue weighted by molar-refractivity contribution is -0.388. The second-order valence-electron chi connectivity index (χ2n) is 8.41. The summed E-state index contributed by atoms with van der Waals surface area (Å²) in [5, 5.41) is 109. The highest BCUT2D eigenvalue weighted by atomic mass is 16.8. The van der Waals surface area contributed by atoms with Gasteiger partial charge in [-0.2, -0.15) is 0 Å². The molecule has 0 unspecified atom stereocenters. The Morgan fingerprint density at radius 2 is 1.12 bits per heavy atom. The standard InChI is InChI=1S/C18H32O16/c19-1-5-8(22)11(25)13(27)16(31-5)30-3-7-9(23)12(26)14(28)17(32-7)34-18(4-21)15(29)10(24)6(2-20)33-18/h5-17,19-29H,1-4H2/t5-,6-,7-,8-,9+,10+,11-,12+,13-,14+,15-,16-,17+,18-/m0/s1.